The van der Waals surface area contributed by atoms with E-state index in [4.69, 9.17) is 33.0 Å². The highest BCUT2D eigenvalue weighted by molar-refractivity contribution is 6.42. The van der Waals surface area contributed by atoms with Crippen molar-refractivity contribution in [2.75, 3.05) is 33.3 Å². The molecule has 1 aromatic rings. The maximum Gasteiger partial charge on any atom is 0.407 e. The van der Waals surface area contributed by atoms with Gasteiger partial charge < -0.3 is 19.6 Å². The summed E-state index contributed by atoms with van der Waals surface area (Å²) in [5, 5.41) is 10.1. The molecular formula is C19H24Cl2N2O4. The maximum absolute atomic E-state index is 12.7. The number of carboxylic acid groups (broad SMARTS) is 1. The maximum atomic E-state index is 12.7. The number of carbonyl (C=O) groups is 2. The molecule has 3 rings (SSSR count). The number of benzene rings is 1. The van der Waals surface area contributed by atoms with Crippen molar-refractivity contribution in [1.29, 1.82) is 0 Å². The summed E-state index contributed by atoms with van der Waals surface area (Å²) in [6.45, 7) is 2.12. The fraction of sp³-hybridized carbons (Fsp3) is 0.579. The zero-order valence-electron chi connectivity index (χ0n) is 15.3. The van der Waals surface area contributed by atoms with Crippen molar-refractivity contribution in [1.82, 2.24) is 9.80 Å². The number of carbonyl (C=O) groups excluding carboxylic acids is 1. The number of methoxy groups -OCH3 is 1. The summed E-state index contributed by atoms with van der Waals surface area (Å²) in [5.41, 5.74) is 0.921. The van der Waals surface area contributed by atoms with Crippen molar-refractivity contribution in [3.8, 4) is 5.75 Å². The van der Waals surface area contributed by atoms with Crippen LogP contribution in [-0.2, 0) is 11.2 Å². The molecule has 6 nitrogen and oxygen atoms in total. The van der Waals surface area contributed by atoms with Crippen LogP contribution in [0.15, 0.2) is 12.1 Å². The zero-order chi connectivity index (χ0) is 19.6. The van der Waals surface area contributed by atoms with Gasteiger partial charge >= 0.3 is 6.09 Å². The number of ether oxygens (including phenoxy) is 1. The van der Waals surface area contributed by atoms with Gasteiger partial charge in [-0.2, -0.15) is 0 Å². The van der Waals surface area contributed by atoms with Crippen molar-refractivity contribution in [3.63, 3.8) is 0 Å². The fourth-order valence-electron chi connectivity index (χ4n) is 4.00. The minimum Gasteiger partial charge on any atom is -0.496 e. The molecule has 0 bridgehead atoms. The average molecular weight is 415 g/mol. The Morgan fingerprint density at radius 2 is 1.81 bits per heavy atom. The molecular weight excluding hydrogens is 391 g/mol. The van der Waals surface area contributed by atoms with Crippen LogP contribution in [0.3, 0.4) is 0 Å². The SMILES string of the molecule is COc1ccc(Cl)c(Cl)c1CC1CCN(C(=O)[C@@H]2CCN(C(=O)O)C2)CC1. The van der Waals surface area contributed by atoms with E-state index in [1.54, 1.807) is 13.2 Å². The van der Waals surface area contributed by atoms with Crippen molar-refractivity contribution >= 4 is 35.2 Å². The van der Waals surface area contributed by atoms with E-state index in [2.05, 4.69) is 0 Å². The standard InChI is InChI=1S/C19H24Cl2N2O4/c1-27-16-3-2-15(20)17(21)14(16)10-12-4-7-22(8-5-12)18(24)13-6-9-23(11-13)19(25)26/h2-3,12-13H,4-11H2,1H3,(H,25,26)/t13-/m1/s1. The third kappa shape index (κ3) is 4.43. The highest BCUT2D eigenvalue weighted by atomic mass is 35.5. The number of nitrogens with zero attached hydrogens (tertiary/aromatic N) is 2. The van der Waals surface area contributed by atoms with Gasteiger partial charge in [0.2, 0.25) is 5.91 Å². The van der Waals surface area contributed by atoms with Gasteiger partial charge in [0.15, 0.2) is 0 Å². The Labute approximate surface area is 169 Å². The lowest BCUT2D eigenvalue weighted by atomic mass is 9.89. The molecule has 0 aliphatic carbocycles. The van der Waals surface area contributed by atoms with Crippen LogP contribution >= 0.6 is 23.2 Å². The van der Waals surface area contributed by atoms with E-state index in [1.807, 2.05) is 11.0 Å². The van der Waals surface area contributed by atoms with Crippen molar-refractivity contribution in [2.45, 2.75) is 25.7 Å². The lowest BCUT2D eigenvalue weighted by Gasteiger charge is -2.34. The minimum atomic E-state index is -0.948. The van der Waals surface area contributed by atoms with Gasteiger partial charge in [-0.25, -0.2) is 4.79 Å². The first kappa shape index (κ1) is 20.1. The second-order valence-corrected chi connectivity index (χ2v) is 8.01. The Balaban J connectivity index is 1.56. The molecule has 1 aromatic carbocycles. The summed E-state index contributed by atoms with van der Waals surface area (Å²) in [6, 6.07) is 3.56. The summed E-state index contributed by atoms with van der Waals surface area (Å²) in [4.78, 5) is 26.9. The van der Waals surface area contributed by atoms with Crippen LogP contribution in [0.4, 0.5) is 4.79 Å². The number of halogens is 2. The topological polar surface area (TPSA) is 70.1 Å². The van der Waals surface area contributed by atoms with Gasteiger partial charge in [-0.15, -0.1) is 0 Å². The first-order valence-corrected chi connectivity index (χ1v) is 9.93. The van der Waals surface area contributed by atoms with Crippen LogP contribution in [0.25, 0.3) is 0 Å². The molecule has 0 spiro atoms. The molecule has 2 aliphatic heterocycles. The Bertz CT molecular complexity index is 720. The van der Waals surface area contributed by atoms with E-state index in [9.17, 15) is 9.59 Å². The number of hydrogen-bond acceptors (Lipinski definition) is 3. The normalized spacial score (nSPS) is 20.8. The van der Waals surface area contributed by atoms with Gasteiger partial charge in [-0.05, 0) is 43.7 Å². The lowest BCUT2D eigenvalue weighted by Crippen LogP contribution is -2.43. The van der Waals surface area contributed by atoms with Crippen LogP contribution in [0.1, 0.15) is 24.8 Å². The van der Waals surface area contributed by atoms with Gasteiger partial charge in [-0.1, -0.05) is 23.2 Å². The summed E-state index contributed by atoms with van der Waals surface area (Å²) < 4.78 is 5.42. The van der Waals surface area contributed by atoms with Crippen LogP contribution in [0.2, 0.25) is 10.0 Å². The lowest BCUT2D eigenvalue weighted by molar-refractivity contribution is -0.136. The molecule has 148 valence electrons. The number of rotatable bonds is 4. The van der Waals surface area contributed by atoms with E-state index in [-0.39, 0.29) is 11.8 Å². The molecule has 2 heterocycles. The molecule has 0 aromatic heterocycles. The Hall–Kier alpha value is -1.66. The molecule has 27 heavy (non-hydrogen) atoms. The van der Waals surface area contributed by atoms with Gasteiger partial charge in [0, 0.05) is 31.7 Å². The van der Waals surface area contributed by atoms with Crippen LogP contribution in [-0.4, -0.2) is 60.2 Å². The van der Waals surface area contributed by atoms with Gasteiger partial charge in [0.1, 0.15) is 5.75 Å². The molecule has 1 atom stereocenters. The quantitative estimate of drug-likeness (QED) is 0.813. The smallest absolute Gasteiger partial charge is 0.407 e. The second-order valence-electron chi connectivity index (χ2n) is 7.23. The summed E-state index contributed by atoms with van der Waals surface area (Å²) in [6.07, 6.45) is 2.19. The number of hydrogen-bond donors (Lipinski definition) is 1. The summed E-state index contributed by atoms with van der Waals surface area (Å²) in [7, 11) is 1.62. The fourth-order valence-corrected chi connectivity index (χ4v) is 4.41. The van der Waals surface area contributed by atoms with Gasteiger partial charge in [-0.3, -0.25) is 4.79 Å². The number of likely N-dealkylation sites (tertiary alicyclic amines) is 2. The largest absolute Gasteiger partial charge is 0.496 e. The molecule has 8 heteroatoms. The molecule has 2 saturated heterocycles. The number of piperidine rings is 1. The van der Waals surface area contributed by atoms with Crippen molar-refractivity contribution in [3.05, 3.63) is 27.7 Å². The number of amides is 2. The highest BCUT2D eigenvalue weighted by Crippen LogP contribution is 2.36. The summed E-state index contributed by atoms with van der Waals surface area (Å²) >= 11 is 12.5. The van der Waals surface area contributed by atoms with Crippen LogP contribution < -0.4 is 4.74 Å². The first-order chi connectivity index (χ1) is 12.9. The van der Waals surface area contributed by atoms with Crippen LogP contribution in [0, 0.1) is 11.8 Å². The Morgan fingerprint density at radius 1 is 1.15 bits per heavy atom. The molecule has 0 saturated carbocycles. The van der Waals surface area contributed by atoms with Crippen LogP contribution in [0.5, 0.6) is 5.75 Å². The second kappa shape index (κ2) is 8.57. The molecule has 2 fully saturated rings. The van der Waals surface area contributed by atoms with E-state index >= 15 is 0 Å². The van der Waals surface area contributed by atoms with E-state index in [1.165, 1.54) is 4.90 Å². The molecule has 2 amide bonds. The highest BCUT2D eigenvalue weighted by Gasteiger charge is 2.35. The van der Waals surface area contributed by atoms with Gasteiger partial charge in [0.05, 0.1) is 23.1 Å². The van der Waals surface area contributed by atoms with Gasteiger partial charge in [0.25, 0.3) is 0 Å². The van der Waals surface area contributed by atoms with Crippen molar-refractivity contribution < 1.29 is 19.4 Å². The predicted molar refractivity (Wildman–Crippen MR) is 104 cm³/mol. The van der Waals surface area contributed by atoms with E-state index in [0.29, 0.717) is 48.6 Å². The minimum absolute atomic E-state index is 0.0792. The monoisotopic (exact) mass is 414 g/mol. The average Bonchev–Trinajstić information content (AvgIpc) is 3.16. The molecule has 0 radical (unpaired) electrons. The molecule has 0 unspecified atom stereocenters. The Morgan fingerprint density at radius 3 is 2.41 bits per heavy atom. The zero-order valence-corrected chi connectivity index (χ0v) is 16.8. The van der Waals surface area contributed by atoms with E-state index < -0.39 is 6.09 Å². The predicted octanol–water partition coefficient (Wildman–Crippen LogP) is 3.78. The molecule has 1 N–H and O–H groups in total. The third-order valence-electron chi connectivity index (χ3n) is 5.60. The van der Waals surface area contributed by atoms with Crippen molar-refractivity contribution in [2.24, 2.45) is 11.8 Å². The Kier molecular flexibility index (Phi) is 6.37. The summed E-state index contributed by atoms with van der Waals surface area (Å²) in [5.74, 6) is 1.01. The first-order valence-electron chi connectivity index (χ1n) is 9.18. The van der Waals surface area contributed by atoms with E-state index in [0.717, 1.165) is 30.6 Å². The third-order valence-corrected chi connectivity index (χ3v) is 6.44. The molecule has 2 aliphatic rings.